The zero-order valence-corrected chi connectivity index (χ0v) is 16.5. The van der Waals surface area contributed by atoms with Crippen molar-refractivity contribution in [2.45, 2.75) is 6.92 Å². The van der Waals surface area contributed by atoms with Crippen molar-refractivity contribution >= 4 is 10.4 Å². The highest BCUT2D eigenvalue weighted by Crippen LogP contribution is 1.92. The van der Waals surface area contributed by atoms with E-state index in [4.69, 9.17) is 17.5 Å². The number of rotatable bonds is 0. The number of hydrogen-bond donors (Lipinski definition) is 0. The summed E-state index contributed by atoms with van der Waals surface area (Å²) in [6, 6.07) is 20.0. The van der Waals surface area contributed by atoms with Crippen LogP contribution < -0.4 is 9.13 Å². The van der Waals surface area contributed by atoms with Gasteiger partial charge in [-0.15, -0.1) is 8.78 Å². The zero-order chi connectivity index (χ0) is 21.6. The fourth-order valence-electron chi connectivity index (χ4n) is 1.54. The average molecular weight is 412 g/mol. The van der Waals surface area contributed by atoms with Crippen LogP contribution >= 0.6 is 0 Å². The topological polar surface area (TPSA) is 88.0 Å². The van der Waals surface area contributed by atoms with Crippen molar-refractivity contribution in [1.29, 1.82) is 0 Å². The van der Waals surface area contributed by atoms with E-state index < -0.39 is 10.4 Å². The first-order valence-electron chi connectivity index (χ1n) is 7.89. The number of halogens is 2. The van der Waals surface area contributed by atoms with Gasteiger partial charge in [0, 0.05) is 34.7 Å². The van der Waals surface area contributed by atoms with Gasteiger partial charge in [0.2, 0.25) is 0 Å². The van der Waals surface area contributed by atoms with Crippen LogP contribution in [0.2, 0.25) is 0 Å². The molecule has 0 bridgehead atoms. The molecule has 2 aromatic heterocycles. The van der Waals surface area contributed by atoms with Gasteiger partial charge >= 0.3 is 11.9 Å². The Hall–Kier alpha value is -2.75. The molecule has 0 atom stereocenters. The molecule has 0 N–H and O–H groups in total. The van der Waals surface area contributed by atoms with Crippen LogP contribution in [-0.4, -0.2) is 17.5 Å². The van der Waals surface area contributed by atoms with Crippen LogP contribution in [0.3, 0.4) is 0 Å². The number of benzene rings is 1. The maximum Gasteiger partial charge on any atom is 0.359 e. The predicted octanol–water partition coefficient (Wildman–Crippen LogP) is 1.96. The standard InChI is InChI=1S/C7H8.2C6H7FN.H2O4S/c1-7-5-3-2-4-6-7;2*1-8-5-3-2-4-6(8)7;1-5(2,3)4/h2-6H,1H3;2*2-5H,1H3;(H2,1,2,3,4)/q;2*+1;/p-2. The molecule has 0 amide bonds. The van der Waals surface area contributed by atoms with E-state index >= 15 is 0 Å². The average Bonchev–Trinajstić information content (AvgIpc) is 2.61. The van der Waals surface area contributed by atoms with Crippen LogP contribution in [0.15, 0.2) is 79.1 Å². The highest BCUT2D eigenvalue weighted by Gasteiger charge is 1.98. The highest BCUT2D eigenvalue weighted by molar-refractivity contribution is 7.79. The minimum atomic E-state index is -5.17. The number of nitrogens with zero attached hydrogens (tertiary/aromatic N) is 2. The lowest BCUT2D eigenvalue weighted by Gasteiger charge is -2.06. The summed E-state index contributed by atoms with van der Waals surface area (Å²) >= 11 is 0. The first-order valence-corrected chi connectivity index (χ1v) is 9.22. The van der Waals surface area contributed by atoms with Crippen molar-refractivity contribution in [3.63, 3.8) is 0 Å². The molecule has 152 valence electrons. The Bertz CT molecular complexity index is 830. The van der Waals surface area contributed by atoms with Crippen LogP contribution in [-0.2, 0) is 24.5 Å². The second kappa shape index (κ2) is 13.4. The Labute approximate surface area is 163 Å². The third kappa shape index (κ3) is 15.5. The van der Waals surface area contributed by atoms with Crippen molar-refractivity contribution in [3.8, 4) is 0 Å². The first kappa shape index (κ1) is 25.2. The summed E-state index contributed by atoms with van der Waals surface area (Å²) in [4.78, 5) is 0. The molecule has 6 nitrogen and oxygen atoms in total. The summed E-state index contributed by atoms with van der Waals surface area (Å²) < 4.78 is 61.5. The Morgan fingerprint density at radius 1 is 0.714 bits per heavy atom. The minimum absolute atomic E-state index is 0.215. The zero-order valence-electron chi connectivity index (χ0n) is 15.7. The molecular formula is C19H22F2N2O4S. The van der Waals surface area contributed by atoms with Gasteiger partial charge in [0.05, 0.1) is 0 Å². The molecule has 3 aromatic rings. The SMILES string of the molecule is C[n+]1ccccc1F.C[n+]1ccccc1F.Cc1ccccc1.O=S(=O)([O-])[O-]. The molecule has 0 fully saturated rings. The van der Waals surface area contributed by atoms with Gasteiger partial charge < -0.3 is 9.11 Å². The molecule has 0 spiro atoms. The largest absolute Gasteiger partial charge is 0.759 e. The molecule has 1 aromatic carbocycles. The van der Waals surface area contributed by atoms with E-state index in [1.165, 1.54) is 26.8 Å². The number of aromatic nitrogens is 2. The van der Waals surface area contributed by atoms with E-state index in [2.05, 4.69) is 19.1 Å². The molecule has 28 heavy (non-hydrogen) atoms. The van der Waals surface area contributed by atoms with Crippen molar-refractivity contribution < 1.29 is 35.4 Å². The van der Waals surface area contributed by atoms with Gasteiger partial charge in [-0.3, -0.25) is 8.42 Å². The van der Waals surface area contributed by atoms with E-state index in [0.29, 0.717) is 0 Å². The molecule has 0 saturated carbocycles. The van der Waals surface area contributed by atoms with Gasteiger partial charge in [0.1, 0.15) is 14.1 Å². The summed E-state index contributed by atoms with van der Waals surface area (Å²) in [5.74, 6) is -0.431. The lowest BCUT2D eigenvalue weighted by molar-refractivity contribution is -0.700. The van der Waals surface area contributed by atoms with E-state index in [1.807, 2.05) is 18.2 Å². The summed E-state index contributed by atoms with van der Waals surface area (Å²) in [7, 11) is -1.84. The Morgan fingerprint density at radius 2 is 1.04 bits per heavy atom. The molecule has 0 unspecified atom stereocenters. The second-order valence-electron chi connectivity index (χ2n) is 5.33. The summed E-state index contributed by atoms with van der Waals surface area (Å²) in [5.41, 5.74) is 1.32. The summed E-state index contributed by atoms with van der Waals surface area (Å²) in [6.07, 6.45) is 3.32. The third-order valence-corrected chi connectivity index (χ3v) is 2.92. The summed E-state index contributed by atoms with van der Waals surface area (Å²) in [6.45, 7) is 2.08. The Balaban J connectivity index is 0.000000353. The van der Waals surface area contributed by atoms with Crippen molar-refractivity contribution in [1.82, 2.24) is 0 Å². The van der Waals surface area contributed by atoms with Crippen LogP contribution in [0.4, 0.5) is 8.78 Å². The molecule has 0 saturated heterocycles. The number of aryl methyl sites for hydroxylation is 3. The van der Waals surface area contributed by atoms with Crippen LogP contribution in [0, 0.1) is 18.8 Å². The third-order valence-electron chi connectivity index (χ3n) is 2.92. The van der Waals surface area contributed by atoms with Gasteiger partial charge in [-0.1, -0.05) is 35.9 Å². The fourth-order valence-corrected chi connectivity index (χ4v) is 1.54. The predicted molar refractivity (Wildman–Crippen MR) is 96.8 cm³/mol. The molecule has 0 aliphatic heterocycles. The van der Waals surface area contributed by atoms with Crippen LogP contribution in [0.5, 0.6) is 0 Å². The van der Waals surface area contributed by atoms with Gasteiger partial charge in [-0.25, -0.2) is 0 Å². The Kier molecular flexibility index (Phi) is 12.1. The van der Waals surface area contributed by atoms with E-state index in [9.17, 15) is 8.78 Å². The van der Waals surface area contributed by atoms with Gasteiger partial charge in [-0.05, 0) is 19.1 Å². The van der Waals surface area contributed by atoms with Gasteiger partial charge in [0.15, 0.2) is 12.4 Å². The first-order chi connectivity index (χ1) is 13.0. The fraction of sp³-hybridized carbons (Fsp3) is 0.158. The van der Waals surface area contributed by atoms with Crippen molar-refractivity contribution in [3.05, 3.63) is 96.6 Å². The van der Waals surface area contributed by atoms with Crippen molar-refractivity contribution in [2.24, 2.45) is 14.1 Å². The molecular weight excluding hydrogens is 390 g/mol. The molecule has 9 heteroatoms. The molecule has 0 aliphatic rings. The lowest BCUT2D eigenvalue weighted by Crippen LogP contribution is -2.31. The molecule has 0 aliphatic carbocycles. The Morgan fingerprint density at radius 3 is 1.21 bits per heavy atom. The monoisotopic (exact) mass is 412 g/mol. The summed E-state index contributed by atoms with van der Waals surface area (Å²) in [5, 5.41) is 0. The second-order valence-corrected chi connectivity index (χ2v) is 6.15. The van der Waals surface area contributed by atoms with E-state index in [0.717, 1.165) is 0 Å². The lowest BCUT2D eigenvalue weighted by atomic mass is 10.2. The minimum Gasteiger partial charge on any atom is -0.759 e. The van der Waals surface area contributed by atoms with E-state index in [-0.39, 0.29) is 11.9 Å². The number of hydrogen-bond acceptors (Lipinski definition) is 4. The van der Waals surface area contributed by atoms with Crippen LogP contribution in [0.25, 0.3) is 0 Å². The number of pyridine rings is 2. The van der Waals surface area contributed by atoms with Crippen molar-refractivity contribution in [2.75, 3.05) is 0 Å². The molecule has 0 radical (unpaired) electrons. The molecule has 2 heterocycles. The van der Waals surface area contributed by atoms with Gasteiger partial charge in [0.25, 0.3) is 0 Å². The smallest absolute Gasteiger partial charge is 0.359 e. The maximum absolute atomic E-state index is 12.3. The van der Waals surface area contributed by atoms with Gasteiger partial charge in [-0.2, -0.15) is 9.13 Å². The quantitative estimate of drug-likeness (QED) is 0.244. The normalized spacial score (nSPS) is 9.54. The van der Waals surface area contributed by atoms with Crippen LogP contribution in [0.1, 0.15) is 5.56 Å². The van der Waals surface area contributed by atoms with E-state index in [1.54, 1.807) is 50.8 Å². The maximum atomic E-state index is 12.3. The highest BCUT2D eigenvalue weighted by atomic mass is 32.3. The molecule has 3 rings (SSSR count).